The first-order valence-corrected chi connectivity index (χ1v) is 8.45. The lowest BCUT2D eigenvalue weighted by Crippen LogP contribution is -2.49. The number of rotatable bonds is 4. The molecule has 1 aromatic heterocycles. The molecule has 1 aliphatic carbocycles. The van der Waals surface area contributed by atoms with E-state index in [1.165, 1.54) is 11.2 Å². The van der Waals surface area contributed by atoms with Gasteiger partial charge in [-0.1, -0.05) is 5.10 Å². The second kappa shape index (κ2) is 7.51. The number of tetrazole rings is 1. The van der Waals surface area contributed by atoms with Crippen LogP contribution < -0.4 is 21.1 Å². The molecule has 0 spiro atoms. The second-order valence-electron chi connectivity index (χ2n) is 5.93. The van der Waals surface area contributed by atoms with Gasteiger partial charge in [-0.3, -0.25) is 20.4 Å². The van der Waals surface area contributed by atoms with Gasteiger partial charge in [0, 0.05) is 19.0 Å². The Morgan fingerprint density at radius 2 is 1.92 bits per heavy atom. The third-order valence-electron chi connectivity index (χ3n) is 3.87. The van der Waals surface area contributed by atoms with E-state index in [1.54, 1.807) is 0 Å². The minimum Gasteiger partial charge on any atom is -0.338 e. The summed E-state index contributed by atoms with van der Waals surface area (Å²) in [5.41, 5.74) is 4.88. The Labute approximate surface area is 144 Å². The predicted molar refractivity (Wildman–Crippen MR) is 88.6 cm³/mol. The predicted octanol–water partition coefficient (Wildman–Crippen LogP) is -0.905. The molecule has 3 N–H and O–H groups in total. The Balaban J connectivity index is 1.40. The summed E-state index contributed by atoms with van der Waals surface area (Å²) in [6.45, 7) is 1.73. The first-order chi connectivity index (χ1) is 11.6. The van der Waals surface area contributed by atoms with Crippen LogP contribution in [0.4, 0.5) is 5.95 Å². The van der Waals surface area contributed by atoms with E-state index >= 15 is 0 Å². The van der Waals surface area contributed by atoms with Gasteiger partial charge in [-0.15, -0.1) is 5.10 Å². The Morgan fingerprint density at radius 1 is 1.17 bits per heavy atom. The van der Waals surface area contributed by atoms with Gasteiger partial charge < -0.3 is 10.2 Å². The van der Waals surface area contributed by atoms with E-state index in [9.17, 15) is 9.59 Å². The minimum absolute atomic E-state index is 0.0491. The van der Waals surface area contributed by atoms with Crippen LogP contribution in [0.15, 0.2) is 0 Å². The number of nitrogens with zero attached hydrogens (tertiary/aromatic N) is 5. The monoisotopic (exact) mass is 352 g/mol. The summed E-state index contributed by atoms with van der Waals surface area (Å²) in [6.07, 6.45) is 5.22. The summed E-state index contributed by atoms with van der Waals surface area (Å²) in [6, 6.07) is 0. The van der Waals surface area contributed by atoms with Crippen molar-refractivity contribution in [3.63, 3.8) is 0 Å². The number of hydrogen-bond acceptors (Lipinski definition) is 7. The number of carbonyl (C=O) groups excluding carboxylic acids is 2. The van der Waals surface area contributed by atoms with Crippen LogP contribution in [0.3, 0.4) is 0 Å². The van der Waals surface area contributed by atoms with Crippen LogP contribution in [0.5, 0.6) is 0 Å². The molecule has 2 aliphatic rings. The van der Waals surface area contributed by atoms with Crippen molar-refractivity contribution in [1.29, 1.82) is 0 Å². The van der Waals surface area contributed by atoms with Gasteiger partial charge in [-0.25, -0.2) is 0 Å². The van der Waals surface area contributed by atoms with Gasteiger partial charge in [0.05, 0.1) is 0 Å². The van der Waals surface area contributed by atoms with Crippen LogP contribution >= 0.6 is 12.2 Å². The number of anilines is 1. The van der Waals surface area contributed by atoms with Crippen molar-refractivity contribution in [3.8, 4) is 0 Å². The third kappa shape index (κ3) is 4.60. The van der Waals surface area contributed by atoms with Gasteiger partial charge in [-0.05, 0) is 49.5 Å². The Hall–Kier alpha value is -2.30. The maximum Gasteiger partial charge on any atom is 0.266 e. The van der Waals surface area contributed by atoms with Crippen LogP contribution in [0.25, 0.3) is 0 Å². The smallest absolute Gasteiger partial charge is 0.266 e. The molecule has 2 heterocycles. The van der Waals surface area contributed by atoms with Gasteiger partial charge in [0.15, 0.2) is 5.11 Å². The molecule has 10 nitrogen and oxygen atoms in total. The summed E-state index contributed by atoms with van der Waals surface area (Å²) < 4.78 is 0. The van der Waals surface area contributed by atoms with E-state index in [0.717, 1.165) is 38.8 Å². The van der Waals surface area contributed by atoms with E-state index in [0.29, 0.717) is 5.95 Å². The van der Waals surface area contributed by atoms with E-state index in [2.05, 4.69) is 36.5 Å². The molecule has 1 saturated heterocycles. The van der Waals surface area contributed by atoms with E-state index in [1.807, 2.05) is 0 Å². The third-order valence-corrected chi connectivity index (χ3v) is 4.07. The molecule has 2 amide bonds. The van der Waals surface area contributed by atoms with Gasteiger partial charge in [0.1, 0.15) is 6.54 Å². The number of amides is 2. The first-order valence-electron chi connectivity index (χ1n) is 8.04. The summed E-state index contributed by atoms with van der Waals surface area (Å²) in [4.78, 5) is 26.7. The lowest BCUT2D eigenvalue weighted by atomic mass is 10.1. The Kier molecular flexibility index (Phi) is 5.18. The average molecular weight is 352 g/mol. The van der Waals surface area contributed by atoms with Crippen LogP contribution in [0, 0.1) is 5.92 Å². The molecule has 0 atom stereocenters. The molecule has 3 rings (SSSR count). The van der Waals surface area contributed by atoms with Crippen LogP contribution in [-0.2, 0) is 16.1 Å². The first kappa shape index (κ1) is 16.6. The maximum atomic E-state index is 11.8. The highest BCUT2D eigenvalue weighted by Crippen LogP contribution is 2.28. The number of carbonyl (C=O) groups is 2. The highest BCUT2D eigenvalue weighted by atomic mass is 32.1. The largest absolute Gasteiger partial charge is 0.338 e. The van der Waals surface area contributed by atoms with Gasteiger partial charge in [-0.2, -0.15) is 4.80 Å². The summed E-state index contributed by atoms with van der Waals surface area (Å²) in [5, 5.41) is 14.7. The molecule has 1 saturated carbocycles. The van der Waals surface area contributed by atoms with E-state index < -0.39 is 0 Å². The molecule has 0 aromatic carbocycles. The number of piperidine rings is 1. The zero-order valence-electron chi connectivity index (χ0n) is 13.2. The molecular weight excluding hydrogens is 332 g/mol. The fourth-order valence-electron chi connectivity index (χ4n) is 2.41. The van der Waals surface area contributed by atoms with Gasteiger partial charge in [0.25, 0.3) is 11.9 Å². The maximum absolute atomic E-state index is 11.8. The van der Waals surface area contributed by atoms with Crippen molar-refractivity contribution < 1.29 is 9.59 Å². The summed E-state index contributed by atoms with van der Waals surface area (Å²) >= 11 is 4.93. The highest BCUT2D eigenvalue weighted by Gasteiger charge is 2.30. The number of aromatic nitrogens is 4. The van der Waals surface area contributed by atoms with Gasteiger partial charge >= 0.3 is 0 Å². The average Bonchev–Trinajstić information content (AvgIpc) is 3.34. The van der Waals surface area contributed by atoms with Crippen molar-refractivity contribution in [3.05, 3.63) is 0 Å². The van der Waals surface area contributed by atoms with Crippen LogP contribution in [0.1, 0.15) is 32.1 Å². The normalized spacial score (nSPS) is 17.2. The molecule has 1 aliphatic heterocycles. The van der Waals surface area contributed by atoms with Crippen molar-refractivity contribution in [2.24, 2.45) is 5.92 Å². The molecule has 0 unspecified atom stereocenters. The highest BCUT2D eigenvalue weighted by molar-refractivity contribution is 7.80. The zero-order valence-corrected chi connectivity index (χ0v) is 14.0. The van der Waals surface area contributed by atoms with Crippen molar-refractivity contribution in [1.82, 2.24) is 36.4 Å². The number of thiocarbonyl (C=S) groups is 1. The number of nitrogens with one attached hydrogen (secondary N) is 3. The number of hydrogen-bond donors (Lipinski definition) is 3. The Morgan fingerprint density at radius 3 is 2.62 bits per heavy atom. The number of hydrazine groups is 1. The summed E-state index contributed by atoms with van der Waals surface area (Å²) in [7, 11) is 0. The molecule has 24 heavy (non-hydrogen) atoms. The molecule has 0 radical (unpaired) electrons. The molecule has 1 aromatic rings. The molecule has 0 bridgehead atoms. The fourth-order valence-corrected chi connectivity index (χ4v) is 2.56. The fraction of sp³-hybridized carbons (Fsp3) is 0.692. The topological polar surface area (TPSA) is 117 Å². The molecule has 11 heteroatoms. The quantitative estimate of drug-likeness (QED) is 0.471. The van der Waals surface area contributed by atoms with Crippen molar-refractivity contribution in [2.75, 3.05) is 18.0 Å². The lowest BCUT2D eigenvalue weighted by molar-refractivity contribution is -0.123. The standard InChI is InChI=1S/C13H20N8O2S/c22-10(15-17-13(24)14-11(23)9-4-5-9)8-21-18-12(16-19-21)20-6-2-1-3-7-20/h9H,1-8H2,(H,15,22)(H2,14,17,23,24). The van der Waals surface area contributed by atoms with Crippen molar-refractivity contribution in [2.45, 2.75) is 38.6 Å². The van der Waals surface area contributed by atoms with Crippen LogP contribution in [0.2, 0.25) is 0 Å². The second-order valence-corrected chi connectivity index (χ2v) is 6.34. The SMILES string of the molecule is O=C(Cn1nnc(N2CCCCC2)n1)NNC(=S)NC(=O)C1CC1. The van der Waals surface area contributed by atoms with Gasteiger partial charge in [0.2, 0.25) is 5.91 Å². The van der Waals surface area contributed by atoms with E-state index in [-0.39, 0.29) is 29.4 Å². The molecule has 2 fully saturated rings. The minimum atomic E-state index is -0.388. The molecular formula is C13H20N8O2S. The van der Waals surface area contributed by atoms with Crippen molar-refractivity contribution >= 4 is 35.1 Å². The zero-order chi connectivity index (χ0) is 16.9. The van der Waals surface area contributed by atoms with Crippen LogP contribution in [-0.4, -0.2) is 50.2 Å². The lowest BCUT2D eigenvalue weighted by Gasteiger charge is -2.24. The van der Waals surface area contributed by atoms with E-state index in [4.69, 9.17) is 12.2 Å². The summed E-state index contributed by atoms with van der Waals surface area (Å²) in [5.74, 6) is 0.0853. The Bertz CT molecular complexity index is 623. The molecule has 130 valence electrons.